The van der Waals surface area contributed by atoms with Crippen LogP contribution in [0.2, 0.25) is 0 Å². The maximum Gasteiger partial charge on any atom is 0.418 e. The Morgan fingerprint density at radius 1 is 1.30 bits per heavy atom. The summed E-state index contributed by atoms with van der Waals surface area (Å²) < 4.78 is 34.7. The Balaban J connectivity index is 1.55. The van der Waals surface area contributed by atoms with Crippen molar-refractivity contribution in [3.05, 3.63) is 30.1 Å². The number of fused-ring (bicyclic) bond motifs is 2. The summed E-state index contributed by atoms with van der Waals surface area (Å²) in [6, 6.07) is 2.75. The van der Waals surface area contributed by atoms with Gasteiger partial charge in [0.1, 0.15) is 6.04 Å². The van der Waals surface area contributed by atoms with Crippen molar-refractivity contribution < 1.29 is 31.6 Å². The highest BCUT2D eigenvalue weighted by atomic mass is 32.3. The molecule has 0 aromatic carbocycles. The molecular weight excluding hydrogens is 382 g/mol. The SMILES string of the molecule is O=C(Cc1ccccn1)NNC(=O)[C@@H]1CCC2CN1C(=O)N2OS(=O)(=O)O. The molecule has 1 aromatic rings. The molecule has 2 bridgehead atoms. The van der Waals surface area contributed by atoms with Gasteiger partial charge in [0.05, 0.1) is 12.5 Å². The molecule has 12 nitrogen and oxygen atoms in total. The molecular formula is C14H17N5O7S. The highest BCUT2D eigenvalue weighted by molar-refractivity contribution is 7.80. The number of rotatable bonds is 5. The van der Waals surface area contributed by atoms with E-state index in [1.165, 1.54) is 0 Å². The van der Waals surface area contributed by atoms with Gasteiger partial charge in [-0.05, 0) is 25.0 Å². The van der Waals surface area contributed by atoms with Crippen LogP contribution >= 0.6 is 0 Å². The second-order valence-electron chi connectivity index (χ2n) is 6.05. The number of urea groups is 1. The normalized spacial score (nSPS) is 21.9. The fourth-order valence-electron chi connectivity index (χ4n) is 3.03. The number of aromatic nitrogens is 1. The van der Waals surface area contributed by atoms with E-state index in [2.05, 4.69) is 20.1 Å². The Bertz CT molecular complexity index is 847. The third kappa shape index (κ3) is 4.50. The lowest BCUT2D eigenvalue weighted by Gasteiger charge is -2.29. The first kappa shape index (κ1) is 19.0. The molecule has 3 N–H and O–H groups in total. The van der Waals surface area contributed by atoms with Gasteiger partial charge in [0, 0.05) is 18.4 Å². The van der Waals surface area contributed by atoms with Crippen LogP contribution < -0.4 is 10.9 Å². The van der Waals surface area contributed by atoms with Crippen LogP contribution in [0.15, 0.2) is 24.4 Å². The van der Waals surface area contributed by atoms with Crippen molar-refractivity contribution in [3.8, 4) is 0 Å². The Labute approximate surface area is 154 Å². The van der Waals surface area contributed by atoms with Crippen LogP contribution in [0.1, 0.15) is 18.5 Å². The molecule has 3 rings (SSSR count). The van der Waals surface area contributed by atoms with Gasteiger partial charge in [0.2, 0.25) is 5.91 Å². The molecule has 0 saturated carbocycles. The van der Waals surface area contributed by atoms with Crippen molar-refractivity contribution >= 4 is 28.2 Å². The third-order valence-corrected chi connectivity index (χ3v) is 4.54. The zero-order valence-corrected chi connectivity index (χ0v) is 14.8. The number of pyridine rings is 1. The smallest absolute Gasteiger partial charge is 0.309 e. The van der Waals surface area contributed by atoms with Crippen LogP contribution in [0.5, 0.6) is 0 Å². The van der Waals surface area contributed by atoms with Gasteiger partial charge in [0.15, 0.2) is 0 Å². The Morgan fingerprint density at radius 2 is 2.07 bits per heavy atom. The van der Waals surface area contributed by atoms with Gasteiger partial charge in [-0.2, -0.15) is 13.5 Å². The van der Waals surface area contributed by atoms with E-state index in [0.717, 1.165) is 4.90 Å². The molecule has 3 heterocycles. The van der Waals surface area contributed by atoms with E-state index in [1.807, 2.05) is 0 Å². The summed E-state index contributed by atoms with van der Waals surface area (Å²) >= 11 is 0. The fourth-order valence-corrected chi connectivity index (χ4v) is 3.42. The summed E-state index contributed by atoms with van der Waals surface area (Å²) in [5.74, 6) is -1.11. The monoisotopic (exact) mass is 399 g/mol. The Morgan fingerprint density at radius 3 is 2.74 bits per heavy atom. The van der Waals surface area contributed by atoms with Crippen LogP contribution in [0.4, 0.5) is 4.79 Å². The predicted molar refractivity (Wildman–Crippen MR) is 87.6 cm³/mol. The molecule has 1 unspecified atom stereocenters. The van der Waals surface area contributed by atoms with Crippen molar-refractivity contribution in [2.45, 2.75) is 31.3 Å². The highest BCUT2D eigenvalue weighted by Gasteiger charge is 2.49. The van der Waals surface area contributed by atoms with Crippen molar-refractivity contribution in [1.29, 1.82) is 0 Å². The summed E-state index contributed by atoms with van der Waals surface area (Å²) in [5.41, 5.74) is 5.03. The maximum atomic E-state index is 12.3. The number of hydrogen-bond donors (Lipinski definition) is 3. The number of piperidine rings is 1. The number of hydroxylamine groups is 2. The van der Waals surface area contributed by atoms with E-state index in [4.69, 9.17) is 4.55 Å². The van der Waals surface area contributed by atoms with Crippen LogP contribution in [-0.2, 0) is 30.7 Å². The van der Waals surface area contributed by atoms with Gasteiger partial charge in [-0.1, -0.05) is 6.07 Å². The number of amides is 4. The van der Waals surface area contributed by atoms with Gasteiger partial charge >= 0.3 is 16.4 Å². The molecule has 146 valence electrons. The molecule has 2 aliphatic heterocycles. The minimum Gasteiger partial charge on any atom is -0.309 e. The van der Waals surface area contributed by atoms with Gasteiger partial charge in [0.25, 0.3) is 5.91 Å². The van der Waals surface area contributed by atoms with Gasteiger partial charge in [-0.3, -0.25) is 30.0 Å². The predicted octanol–water partition coefficient (Wildman–Crippen LogP) is -1.23. The number of hydrazine groups is 1. The van der Waals surface area contributed by atoms with Crippen molar-refractivity contribution in [1.82, 2.24) is 25.8 Å². The number of carbonyl (C=O) groups excluding carboxylic acids is 3. The molecule has 2 fully saturated rings. The summed E-state index contributed by atoms with van der Waals surface area (Å²) in [5, 5.41) is 0.544. The third-order valence-electron chi connectivity index (χ3n) is 4.19. The van der Waals surface area contributed by atoms with E-state index in [9.17, 15) is 22.8 Å². The molecule has 0 radical (unpaired) electrons. The molecule has 0 aliphatic carbocycles. The number of nitrogens with one attached hydrogen (secondary N) is 2. The van der Waals surface area contributed by atoms with Crippen LogP contribution in [0, 0.1) is 0 Å². The van der Waals surface area contributed by atoms with Crippen molar-refractivity contribution in [2.24, 2.45) is 0 Å². The van der Waals surface area contributed by atoms with E-state index in [-0.39, 0.29) is 25.8 Å². The second kappa shape index (κ2) is 7.46. The lowest BCUT2D eigenvalue weighted by molar-refractivity contribution is -0.131. The zero-order valence-electron chi connectivity index (χ0n) is 13.9. The fraction of sp³-hybridized carbons (Fsp3) is 0.429. The lowest BCUT2D eigenvalue weighted by atomic mass is 10.0. The summed E-state index contributed by atoms with van der Waals surface area (Å²) in [4.78, 5) is 41.5. The molecule has 0 spiro atoms. The average Bonchev–Trinajstić information content (AvgIpc) is 2.84. The van der Waals surface area contributed by atoms with E-state index < -0.39 is 40.3 Å². The largest absolute Gasteiger partial charge is 0.418 e. The minimum atomic E-state index is -4.85. The Hall–Kier alpha value is -2.77. The summed E-state index contributed by atoms with van der Waals surface area (Å²) in [7, 11) is -4.85. The minimum absolute atomic E-state index is 0.0352. The highest BCUT2D eigenvalue weighted by Crippen LogP contribution is 2.30. The standard InChI is InChI=1S/C14H17N5O7S/c20-12(7-9-3-1-2-6-15-9)16-17-13(21)11-5-4-10-8-18(11)14(22)19(10)26-27(23,24)25/h1-3,6,10-11H,4-5,7-8H2,(H,16,20)(H,17,21)(H,23,24,25)/t10?,11-/m0/s1. The molecule has 13 heteroatoms. The van der Waals surface area contributed by atoms with Crippen molar-refractivity contribution in [3.63, 3.8) is 0 Å². The lowest BCUT2D eigenvalue weighted by Crippen LogP contribution is -2.54. The maximum absolute atomic E-state index is 12.3. The molecule has 2 aliphatic rings. The quantitative estimate of drug-likeness (QED) is 0.410. The van der Waals surface area contributed by atoms with Crippen molar-refractivity contribution in [2.75, 3.05) is 6.54 Å². The second-order valence-corrected chi connectivity index (χ2v) is 7.05. The van der Waals surface area contributed by atoms with Crippen LogP contribution in [0.3, 0.4) is 0 Å². The first-order chi connectivity index (χ1) is 12.7. The molecule has 1 aromatic heterocycles. The van der Waals surface area contributed by atoms with Crippen LogP contribution in [-0.4, -0.2) is 64.4 Å². The number of hydrogen-bond acceptors (Lipinski definition) is 7. The van der Waals surface area contributed by atoms with E-state index in [0.29, 0.717) is 10.8 Å². The van der Waals surface area contributed by atoms with Gasteiger partial charge < -0.3 is 4.90 Å². The first-order valence-electron chi connectivity index (χ1n) is 8.00. The molecule has 4 amide bonds. The van der Waals surface area contributed by atoms with E-state index in [1.54, 1.807) is 24.4 Å². The zero-order chi connectivity index (χ0) is 19.6. The molecule has 27 heavy (non-hydrogen) atoms. The number of carbonyl (C=O) groups is 3. The Kier molecular flexibility index (Phi) is 5.25. The summed E-state index contributed by atoms with van der Waals surface area (Å²) in [6.45, 7) is 0.0638. The molecule has 2 saturated heterocycles. The topological polar surface area (TPSA) is 158 Å². The summed E-state index contributed by atoms with van der Waals surface area (Å²) in [6.07, 6.45) is 2.03. The van der Waals surface area contributed by atoms with E-state index >= 15 is 0 Å². The van der Waals surface area contributed by atoms with Crippen LogP contribution in [0.25, 0.3) is 0 Å². The average molecular weight is 399 g/mol. The van der Waals surface area contributed by atoms with Gasteiger partial charge in [-0.15, -0.1) is 4.28 Å². The number of nitrogens with zero attached hydrogens (tertiary/aromatic N) is 3. The first-order valence-corrected chi connectivity index (χ1v) is 9.36. The molecule has 2 atom stereocenters. The van der Waals surface area contributed by atoms with Gasteiger partial charge in [-0.25, -0.2) is 4.79 Å².